The maximum atomic E-state index is 13.2. The lowest BCUT2D eigenvalue weighted by atomic mass is 9.48. The Morgan fingerprint density at radius 1 is 1.23 bits per heavy atom. The number of carbonyl (C=O) groups is 1. The summed E-state index contributed by atoms with van der Waals surface area (Å²) in [4.78, 5) is 25.2. The molecule has 1 aromatic heterocycles. The maximum absolute atomic E-state index is 13.2. The van der Waals surface area contributed by atoms with Crippen LogP contribution in [-0.4, -0.2) is 39.0 Å². The molecule has 7 heteroatoms. The van der Waals surface area contributed by atoms with Gasteiger partial charge in [0, 0.05) is 12.0 Å². The molecule has 1 saturated heterocycles. The molecule has 5 fully saturated rings. The number of Topliss-reactive ketones (excluding diaryl/α,β-unsaturated/α-hetero) is 1. The normalized spacial score (nSPS) is 38.2. The van der Waals surface area contributed by atoms with Gasteiger partial charge in [-0.3, -0.25) is 9.36 Å². The lowest BCUT2D eigenvalue weighted by Crippen LogP contribution is -2.50. The fourth-order valence-corrected chi connectivity index (χ4v) is 7.29. The second kappa shape index (κ2) is 6.51. The Bertz CT molecular complexity index is 714. The van der Waals surface area contributed by atoms with Crippen LogP contribution in [-0.2, 0) is 16.1 Å². The van der Waals surface area contributed by atoms with Gasteiger partial charge in [0.2, 0.25) is 0 Å². The van der Waals surface area contributed by atoms with E-state index < -0.39 is 0 Å². The van der Waals surface area contributed by atoms with E-state index in [1.165, 1.54) is 31.0 Å². The second-order valence-electron chi connectivity index (χ2n) is 8.97. The number of rotatable bonds is 6. The van der Waals surface area contributed by atoms with E-state index in [-0.39, 0.29) is 17.2 Å². The summed E-state index contributed by atoms with van der Waals surface area (Å²) in [6.45, 7) is 1.30. The predicted molar refractivity (Wildman–Crippen MR) is 98.2 cm³/mol. The number of hydrogen-bond donors (Lipinski definition) is 1. The molecule has 0 spiro atoms. The standard InChI is InChI=1S/C19H27N3O3S/c23-16(19-7-12-4-13(8-19)6-14(5-12)9-19)11-26-18-21-20-17(24)22(18)10-15-2-1-3-25-15/h12-15H,1-11H2,(H,20,24). The molecule has 0 aromatic carbocycles. The van der Waals surface area contributed by atoms with Crippen molar-refractivity contribution in [3.05, 3.63) is 10.5 Å². The molecule has 6 rings (SSSR count). The zero-order valence-corrected chi connectivity index (χ0v) is 15.9. The number of nitrogens with one attached hydrogen (secondary N) is 1. The van der Waals surface area contributed by atoms with Gasteiger partial charge in [0.1, 0.15) is 5.78 Å². The molecule has 26 heavy (non-hydrogen) atoms. The number of aromatic amines is 1. The number of nitrogens with zero attached hydrogens (tertiary/aromatic N) is 2. The number of ether oxygens (including phenoxy) is 1. The maximum Gasteiger partial charge on any atom is 0.344 e. The zero-order chi connectivity index (χ0) is 17.7. The number of ketones is 1. The number of aromatic nitrogens is 3. The van der Waals surface area contributed by atoms with Crippen molar-refractivity contribution in [2.24, 2.45) is 23.2 Å². The van der Waals surface area contributed by atoms with Gasteiger partial charge in [-0.25, -0.2) is 9.89 Å². The van der Waals surface area contributed by atoms with E-state index in [9.17, 15) is 9.59 Å². The lowest BCUT2D eigenvalue weighted by molar-refractivity contribution is -0.141. The van der Waals surface area contributed by atoms with Crippen LogP contribution in [0, 0.1) is 23.2 Å². The fourth-order valence-electron chi connectivity index (χ4n) is 6.30. The van der Waals surface area contributed by atoms with Gasteiger partial charge in [-0.15, -0.1) is 5.10 Å². The summed E-state index contributed by atoms with van der Waals surface area (Å²) in [6.07, 6.45) is 9.45. The number of hydrogen-bond acceptors (Lipinski definition) is 5. The minimum absolute atomic E-state index is 0.0717. The van der Waals surface area contributed by atoms with Gasteiger partial charge in [0.15, 0.2) is 5.16 Å². The third kappa shape index (κ3) is 2.97. The number of carbonyl (C=O) groups excluding carboxylic acids is 1. The molecule has 4 saturated carbocycles. The molecular formula is C19H27N3O3S. The zero-order valence-electron chi connectivity index (χ0n) is 15.1. The first-order valence-electron chi connectivity index (χ1n) is 10.0. The van der Waals surface area contributed by atoms with Gasteiger partial charge in [0.05, 0.1) is 18.4 Å². The summed E-state index contributed by atoms with van der Waals surface area (Å²) < 4.78 is 7.30. The van der Waals surface area contributed by atoms with Crippen molar-refractivity contribution in [3.63, 3.8) is 0 Å². The highest BCUT2D eigenvalue weighted by atomic mass is 32.2. The first-order chi connectivity index (χ1) is 12.6. The molecule has 6 nitrogen and oxygen atoms in total. The predicted octanol–water partition coefficient (Wildman–Crippen LogP) is 2.63. The third-order valence-electron chi connectivity index (χ3n) is 7.10. The summed E-state index contributed by atoms with van der Waals surface area (Å²) in [5.41, 5.74) is -0.275. The van der Waals surface area contributed by atoms with Gasteiger partial charge in [-0.1, -0.05) is 11.8 Å². The Hall–Kier alpha value is -1.08. The molecule has 4 bridgehead atoms. The smallest absolute Gasteiger partial charge is 0.344 e. The van der Waals surface area contributed by atoms with Crippen LogP contribution in [0.4, 0.5) is 0 Å². The second-order valence-corrected chi connectivity index (χ2v) is 9.91. The average Bonchev–Trinajstić information content (AvgIpc) is 3.23. The van der Waals surface area contributed by atoms with Crippen molar-refractivity contribution in [1.29, 1.82) is 0 Å². The minimum atomic E-state index is -0.203. The molecule has 2 heterocycles. The Morgan fingerprint density at radius 2 is 1.92 bits per heavy atom. The van der Waals surface area contributed by atoms with Crippen LogP contribution < -0.4 is 5.69 Å². The van der Waals surface area contributed by atoms with Crippen LogP contribution in [0.1, 0.15) is 51.4 Å². The van der Waals surface area contributed by atoms with Crippen molar-refractivity contribution < 1.29 is 9.53 Å². The Labute approximate surface area is 157 Å². The van der Waals surface area contributed by atoms with E-state index in [1.807, 2.05) is 0 Å². The van der Waals surface area contributed by atoms with Crippen molar-refractivity contribution in [3.8, 4) is 0 Å². The summed E-state index contributed by atoms with van der Waals surface area (Å²) in [5.74, 6) is 3.15. The summed E-state index contributed by atoms with van der Waals surface area (Å²) >= 11 is 1.42. The molecule has 5 aliphatic rings. The summed E-state index contributed by atoms with van der Waals surface area (Å²) in [5, 5.41) is 7.33. The minimum Gasteiger partial charge on any atom is -0.376 e. The van der Waals surface area contributed by atoms with Crippen LogP contribution >= 0.6 is 11.8 Å². The monoisotopic (exact) mass is 377 g/mol. The van der Waals surface area contributed by atoms with E-state index in [0.717, 1.165) is 56.5 Å². The van der Waals surface area contributed by atoms with Gasteiger partial charge < -0.3 is 4.74 Å². The summed E-state index contributed by atoms with van der Waals surface area (Å²) in [6, 6.07) is 0. The van der Waals surface area contributed by atoms with E-state index in [0.29, 0.717) is 23.2 Å². The van der Waals surface area contributed by atoms with Crippen molar-refractivity contribution >= 4 is 17.5 Å². The van der Waals surface area contributed by atoms with Crippen LogP contribution in [0.2, 0.25) is 0 Å². The van der Waals surface area contributed by atoms with Crippen LogP contribution in [0.5, 0.6) is 0 Å². The SMILES string of the molecule is O=C(CSc1n[nH]c(=O)n1CC1CCCO1)C12CC3CC(CC(C3)C1)C2. The Balaban J connectivity index is 1.27. The Morgan fingerprint density at radius 3 is 2.54 bits per heavy atom. The lowest BCUT2D eigenvalue weighted by Gasteiger charge is -2.56. The number of thioether (sulfide) groups is 1. The first kappa shape index (κ1) is 17.0. The largest absolute Gasteiger partial charge is 0.376 e. The molecule has 1 atom stereocenters. The molecule has 1 aliphatic heterocycles. The quantitative estimate of drug-likeness (QED) is 0.771. The first-order valence-corrected chi connectivity index (χ1v) is 11.0. The van der Waals surface area contributed by atoms with Crippen LogP contribution in [0.3, 0.4) is 0 Å². The highest BCUT2D eigenvalue weighted by Crippen LogP contribution is 2.60. The fraction of sp³-hybridized carbons (Fsp3) is 0.842. The third-order valence-corrected chi connectivity index (χ3v) is 8.07. The van der Waals surface area contributed by atoms with Crippen molar-refractivity contribution in [2.45, 2.75) is 69.2 Å². The van der Waals surface area contributed by atoms with Crippen LogP contribution in [0.15, 0.2) is 9.95 Å². The van der Waals surface area contributed by atoms with Crippen LogP contribution in [0.25, 0.3) is 0 Å². The molecule has 0 amide bonds. The molecule has 1 N–H and O–H groups in total. The summed E-state index contributed by atoms with van der Waals surface area (Å²) in [7, 11) is 0. The van der Waals surface area contributed by atoms with Crippen molar-refractivity contribution in [2.75, 3.05) is 12.4 Å². The van der Waals surface area contributed by atoms with E-state index in [4.69, 9.17) is 4.74 Å². The molecule has 4 aliphatic carbocycles. The number of H-pyrrole nitrogens is 1. The van der Waals surface area contributed by atoms with E-state index in [2.05, 4.69) is 10.2 Å². The molecular weight excluding hydrogens is 350 g/mol. The van der Waals surface area contributed by atoms with Gasteiger partial charge >= 0.3 is 5.69 Å². The Kier molecular flexibility index (Phi) is 4.27. The van der Waals surface area contributed by atoms with Crippen molar-refractivity contribution in [1.82, 2.24) is 14.8 Å². The van der Waals surface area contributed by atoms with E-state index in [1.54, 1.807) is 4.57 Å². The molecule has 0 radical (unpaired) electrons. The molecule has 1 unspecified atom stereocenters. The molecule has 142 valence electrons. The van der Waals surface area contributed by atoms with E-state index >= 15 is 0 Å². The average molecular weight is 378 g/mol. The highest BCUT2D eigenvalue weighted by Gasteiger charge is 2.54. The highest BCUT2D eigenvalue weighted by molar-refractivity contribution is 7.99. The topological polar surface area (TPSA) is 77.0 Å². The van der Waals surface area contributed by atoms with Gasteiger partial charge in [-0.05, 0) is 69.1 Å². The van der Waals surface area contributed by atoms with Gasteiger partial charge in [-0.2, -0.15) is 0 Å². The van der Waals surface area contributed by atoms with Gasteiger partial charge in [0.25, 0.3) is 0 Å². The molecule has 1 aromatic rings.